The van der Waals surface area contributed by atoms with E-state index in [1.807, 2.05) is 0 Å². The molecule has 1 saturated heterocycles. The van der Waals surface area contributed by atoms with Crippen LogP contribution in [0.5, 0.6) is 0 Å². The molecule has 0 aliphatic carbocycles. The number of hydrazine groups is 1. The standard InChI is InChI=1S/C10H15N5O3S/c11-13-9-4-3-8(14-15-9)10(16)12-7-2-1-5-19(17,18)6-7/h3-4,7H,1-2,5-6,11H2,(H,12,16)(H,13,15). The van der Waals surface area contributed by atoms with E-state index in [0.29, 0.717) is 18.7 Å². The van der Waals surface area contributed by atoms with Crippen LogP contribution in [0.1, 0.15) is 23.3 Å². The van der Waals surface area contributed by atoms with Crippen molar-refractivity contribution in [1.82, 2.24) is 15.5 Å². The van der Waals surface area contributed by atoms with Gasteiger partial charge < -0.3 is 10.7 Å². The lowest BCUT2D eigenvalue weighted by molar-refractivity contribution is 0.0932. The third-order valence-electron chi connectivity index (χ3n) is 2.84. The van der Waals surface area contributed by atoms with Crippen LogP contribution in [0.25, 0.3) is 0 Å². The lowest BCUT2D eigenvalue weighted by Gasteiger charge is -2.22. The summed E-state index contributed by atoms with van der Waals surface area (Å²) in [6.07, 6.45) is 1.22. The summed E-state index contributed by atoms with van der Waals surface area (Å²) in [4.78, 5) is 11.9. The minimum absolute atomic E-state index is 0.0192. The van der Waals surface area contributed by atoms with Gasteiger partial charge in [-0.3, -0.25) is 4.79 Å². The number of rotatable bonds is 3. The van der Waals surface area contributed by atoms with Crippen LogP contribution >= 0.6 is 0 Å². The van der Waals surface area contributed by atoms with Gasteiger partial charge in [0.2, 0.25) is 0 Å². The Morgan fingerprint density at radius 1 is 1.37 bits per heavy atom. The normalized spacial score (nSPS) is 21.6. The van der Waals surface area contributed by atoms with Gasteiger partial charge in [-0.15, -0.1) is 10.2 Å². The van der Waals surface area contributed by atoms with Gasteiger partial charge in [-0.1, -0.05) is 0 Å². The Hall–Kier alpha value is -1.74. The zero-order chi connectivity index (χ0) is 13.9. The van der Waals surface area contributed by atoms with Crippen LogP contribution in [0, 0.1) is 0 Å². The monoisotopic (exact) mass is 285 g/mol. The number of nitrogens with zero attached hydrogens (tertiary/aromatic N) is 2. The number of carbonyl (C=O) groups is 1. The number of hydrogen-bond donors (Lipinski definition) is 3. The van der Waals surface area contributed by atoms with Gasteiger partial charge in [-0.05, 0) is 25.0 Å². The average Bonchev–Trinajstić information content (AvgIpc) is 2.37. The lowest BCUT2D eigenvalue weighted by atomic mass is 10.2. The summed E-state index contributed by atoms with van der Waals surface area (Å²) in [6, 6.07) is 2.62. The van der Waals surface area contributed by atoms with Crippen molar-refractivity contribution in [3.8, 4) is 0 Å². The molecule has 0 spiro atoms. The zero-order valence-corrected chi connectivity index (χ0v) is 11.0. The maximum Gasteiger partial charge on any atom is 0.272 e. The summed E-state index contributed by atoms with van der Waals surface area (Å²) in [5.74, 6) is 5.22. The quantitative estimate of drug-likeness (QED) is 0.483. The van der Waals surface area contributed by atoms with E-state index in [2.05, 4.69) is 20.9 Å². The molecule has 9 heteroatoms. The molecule has 1 unspecified atom stereocenters. The Balaban J connectivity index is 2.00. The second-order valence-corrected chi connectivity index (χ2v) is 6.60. The fourth-order valence-corrected chi connectivity index (χ4v) is 3.56. The molecular weight excluding hydrogens is 270 g/mol. The highest BCUT2D eigenvalue weighted by Gasteiger charge is 2.26. The molecule has 1 aliphatic rings. The molecule has 0 bridgehead atoms. The van der Waals surface area contributed by atoms with Gasteiger partial charge in [0.15, 0.2) is 21.3 Å². The number of nitrogens with one attached hydrogen (secondary N) is 2. The predicted molar refractivity (Wildman–Crippen MR) is 69.0 cm³/mol. The molecule has 0 saturated carbocycles. The van der Waals surface area contributed by atoms with Gasteiger partial charge >= 0.3 is 0 Å². The Labute approximate surface area is 110 Å². The van der Waals surface area contributed by atoms with E-state index in [1.165, 1.54) is 12.1 Å². The fourth-order valence-electron chi connectivity index (χ4n) is 1.93. The van der Waals surface area contributed by atoms with Crippen molar-refractivity contribution in [3.05, 3.63) is 17.8 Å². The molecule has 2 rings (SSSR count). The van der Waals surface area contributed by atoms with Crippen LogP contribution < -0.4 is 16.6 Å². The molecule has 0 radical (unpaired) electrons. The Bertz CT molecular complexity index is 557. The molecular formula is C10H15N5O3S. The van der Waals surface area contributed by atoms with Crippen molar-refractivity contribution in [2.45, 2.75) is 18.9 Å². The highest BCUT2D eigenvalue weighted by Crippen LogP contribution is 2.12. The summed E-state index contributed by atoms with van der Waals surface area (Å²) in [5.41, 5.74) is 2.43. The SMILES string of the molecule is NNc1ccc(C(=O)NC2CCCS(=O)(=O)C2)nn1. The number of nitrogens with two attached hydrogens (primary N) is 1. The summed E-state index contributed by atoms with van der Waals surface area (Å²) in [5, 5.41) is 10.0. The first-order chi connectivity index (χ1) is 9.00. The molecule has 4 N–H and O–H groups in total. The lowest BCUT2D eigenvalue weighted by Crippen LogP contribution is -2.43. The van der Waals surface area contributed by atoms with Gasteiger partial charge in [-0.2, -0.15) is 0 Å². The van der Waals surface area contributed by atoms with Crippen LogP contribution in [-0.4, -0.2) is 42.1 Å². The molecule has 1 fully saturated rings. The van der Waals surface area contributed by atoms with Crippen LogP contribution in [0.2, 0.25) is 0 Å². The molecule has 1 atom stereocenters. The topological polar surface area (TPSA) is 127 Å². The van der Waals surface area contributed by atoms with Gasteiger partial charge in [0.05, 0.1) is 11.5 Å². The Morgan fingerprint density at radius 2 is 2.16 bits per heavy atom. The second kappa shape index (κ2) is 5.49. The van der Waals surface area contributed by atoms with Crippen molar-refractivity contribution in [3.63, 3.8) is 0 Å². The van der Waals surface area contributed by atoms with Crippen molar-refractivity contribution in [2.24, 2.45) is 5.84 Å². The zero-order valence-electron chi connectivity index (χ0n) is 10.2. The number of sulfone groups is 1. The van der Waals surface area contributed by atoms with Gasteiger partial charge in [0, 0.05) is 6.04 Å². The van der Waals surface area contributed by atoms with E-state index in [1.54, 1.807) is 0 Å². The molecule has 1 aliphatic heterocycles. The minimum Gasteiger partial charge on any atom is -0.347 e. The number of carbonyl (C=O) groups excluding carboxylic acids is 1. The summed E-state index contributed by atoms with van der Waals surface area (Å²) >= 11 is 0. The molecule has 0 aromatic carbocycles. The number of nitrogen functional groups attached to an aromatic ring is 1. The highest BCUT2D eigenvalue weighted by molar-refractivity contribution is 7.91. The molecule has 2 heterocycles. The predicted octanol–water partition coefficient (Wildman–Crippen LogP) is -0.931. The molecule has 1 aromatic heterocycles. The van der Waals surface area contributed by atoms with E-state index < -0.39 is 15.7 Å². The van der Waals surface area contributed by atoms with Gasteiger partial charge in [0.25, 0.3) is 5.91 Å². The van der Waals surface area contributed by atoms with Crippen LogP contribution in [0.4, 0.5) is 5.82 Å². The summed E-state index contributed by atoms with van der Waals surface area (Å²) in [7, 11) is -3.05. The first-order valence-corrected chi connectivity index (χ1v) is 7.64. The maximum absolute atomic E-state index is 11.9. The van der Waals surface area contributed by atoms with Crippen molar-refractivity contribution < 1.29 is 13.2 Å². The van der Waals surface area contributed by atoms with E-state index >= 15 is 0 Å². The van der Waals surface area contributed by atoms with E-state index in [4.69, 9.17) is 5.84 Å². The third-order valence-corrected chi connectivity index (χ3v) is 4.66. The average molecular weight is 285 g/mol. The van der Waals surface area contributed by atoms with Crippen molar-refractivity contribution in [2.75, 3.05) is 16.9 Å². The van der Waals surface area contributed by atoms with Crippen molar-refractivity contribution >= 4 is 21.6 Å². The van der Waals surface area contributed by atoms with E-state index in [9.17, 15) is 13.2 Å². The number of amides is 1. The largest absolute Gasteiger partial charge is 0.347 e. The van der Waals surface area contributed by atoms with Gasteiger partial charge in [0.1, 0.15) is 0 Å². The molecule has 1 amide bonds. The first kappa shape index (κ1) is 13.7. The van der Waals surface area contributed by atoms with Crippen LogP contribution in [0.15, 0.2) is 12.1 Å². The Morgan fingerprint density at radius 3 is 2.74 bits per heavy atom. The smallest absolute Gasteiger partial charge is 0.272 e. The first-order valence-electron chi connectivity index (χ1n) is 5.82. The second-order valence-electron chi connectivity index (χ2n) is 4.38. The molecule has 104 valence electrons. The van der Waals surface area contributed by atoms with Crippen molar-refractivity contribution in [1.29, 1.82) is 0 Å². The molecule has 8 nitrogen and oxygen atoms in total. The number of aromatic nitrogens is 2. The van der Waals surface area contributed by atoms with Gasteiger partial charge in [-0.25, -0.2) is 14.3 Å². The third kappa shape index (κ3) is 3.61. The summed E-state index contributed by atoms with van der Waals surface area (Å²) in [6.45, 7) is 0. The fraction of sp³-hybridized carbons (Fsp3) is 0.500. The number of hydrogen-bond acceptors (Lipinski definition) is 7. The highest BCUT2D eigenvalue weighted by atomic mass is 32.2. The summed E-state index contributed by atoms with van der Waals surface area (Å²) < 4.78 is 22.9. The van der Waals surface area contributed by atoms with Crippen LogP contribution in [-0.2, 0) is 9.84 Å². The maximum atomic E-state index is 11.9. The van der Waals surface area contributed by atoms with E-state index in [0.717, 1.165) is 0 Å². The van der Waals surface area contributed by atoms with Crippen LogP contribution in [0.3, 0.4) is 0 Å². The minimum atomic E-state index is -3.05. The molecule has 1 aromatic rings. The molecule has 19 heavy (non-hydrogen) atoms. The number of anilines is 1. The van der Waals surface area contributed by atoms with E-state index in [-0.39, 0.29) is 23.2 Å². The Kier molecular flexibility index (Phi) is 3.96.